The molecule has 0 aliphatic carbocycles. The summed E-state index contributed by atoms with van der Waals surface area (Å²) in [6.45, 7) is 3.30. The van der Waals surface area contributed by atoms with Crippen LogP contribution in [0, 0.1) is 0 Å². The van der Waals surface area contributed by atoms with Crippen LogP contribution in [0.4, 0.5) is 10.5 Å². The van der Waals surface area contributed by atoms with Gasteiger partial charge in [0.2, 0.25) is 12.7 Å². The molecule has 3 amide bonds. The lowest BCUT2D eigenvalue weighted by atomic mass is 9.95. The molecule has 4 atom stereocenters. The number of rotatable bonds is 5. The summed E-state index contributed by atoms with van der Waals surface area (Å²) in [5.74, 6) is 1.18. The SMILES string of the molecule is CCCNC(=O)C[C@@H]1CC[C@@H]2[C@H](COC[C@@H](O)CN2C(=O)Nc2ccc3c(c2)OCO3)O1. The van der Waals surface area contributed by atoms with Crippen LogP contribution in [0.15, 0.2) is 18.2 Å². The molecule has 10 nitrogen and oxygen atoms in total. The Bertz CT molecular complexity index is 821. The summed E-state index contributed by atoms with van der Waals surface area (Å²) in [5, 5.41) is 16.1. The number of urea groups is 1. The first-order chi connectivity index (χ1) is 15.5. The van der Waals surface area contributed by atoms with E-state index in [0.29, 0.717) is 36.6 Å². The van der Waals surface area contributed by atoms with Crippen LogP contribution in [0.3, 0.4) is 0 Å². The van der Waals surface area contributed by atoms with Crippen molar-refractivity contribution in [2.75, 3.05) is 38.4 Å². The molecule has 32 heavy (non-hydrogen) atoms. The molecule has 0 saturated carbocycles. The van der Waals surface area contributed by atoms with Crippen LogP contribution in [0.1, 0.15) is 32.6 Å². The van der Waals surface area contributed by atoms with Gasteiger partial charge in [-0.3, -0.25) is 4.79 Å². The molecule has 3 N–H and O–H groups in total. The molecule has 0 spiro atoms. The van der Waals surface area contributed by atoms with E-state index in [4.69, 9.17) is 18.9 Å². The number of fused-ring (bicyclic) bond motifs is 2. The quantitative estimate of drug-likeness (QED) is 0.623. The summed E-state index contributed by atoms with van der Waals surface area (Å²) in [6.07, 6.45) is 1.07. The Hall–Kier alpha value is -2.56. The number of carbonyl (C=O) groups is 2. The van der Waals surface area contributed by atoms with E-state index in [2.05, 4.69) is 10.6 Å². The highest BCUT2D eigenvalue weighted by molar-refractivity contribution is 5.90. The number of ether oxygens (including phenoxy) is 4. The van der Waals surface area contributed by atoms with Gasteiger partial charge in [-0.2, -0.15) is 0 Å². The average Bonchev–Trinajstić information content (AvgIpc) is 3.23. The van der Waals surface area contributed by atoms with Gasteiger partial charge in [-0.05, 0) is 31.4 Å². The molecule has 3 heterocycles. The van der Waals surface area contributed by atoms with E-state index in [1.165, 1.54) is 0 Å². The van der Waals surface area contributed by atoms with Crippen molar-refractivity contribution in [3.05, 3.63) is 18.2 Å². The Kier molecular flexibility index (Phi) is 7.33. The van der Waals surface area contributed by atoms with Gasteiger partial charge in [0.15, 0.2) is 11.5 Å². The van der Waals surface area contributed by atoms with Crippen LogP contribution in [-0.2, 0) is 14.3 Å². The summed E-state index contributed by atoms with van der Waals surface area (Å²) in [7, 11) is 0. The predicted molar refractivity (Wildman–Crippen MR) is 115 cm³/mol. The smallest absolute Gasteiger partial charge is 0.322 e. The van der Waals surface area contributed by atoms with E-state index in [1.807, 2.05) is 6.92 Å². The second kappa shape index (κ2) is 10.4. The van der Waals surface area contributed by atoms with Crippen molar-refractivity contribution < 1.29 is 33.6 Å². The molecule has 10 heteroatoms. The van der Waals surface area contributed by atoms with E-state index in [9.17, 15) is 14.7 Å². The molecule has 3 aliphatic heterocycles. The normalized spacial score (nSPS) is 27.1. The maximum Gasteiger partial charge on any atom is 0.322 e. The minimum Gasteiger partial charge on any atom is -0.454 e. The van der Waals surface area contributed by atoms with Gasteiger partial charge in [-0.25, -0.2) is 4.79 Å². The van der Waals surface area contributed by atoms with Crippen molar-refractivity contribution in [1.82, 2.24) is 10.2 Å². The first kappa shape index (κ1) is 22.6. The van der Waals surface area contributed by atoms with Crippen LogP contribution in [-0.4, -0.2) is 79.4 Å². The second-order valence-electron chi connectivity index (χ2n) is 8.34. The van der Waals surface area contributed by atoms with Gasteiger partial charge in [0, 0.05) is 18.3 Å². The summed E-state index contributed by atoms with van der Waals surface area (Å²) in [5.41, 5.74) is 0.575. The maximum absolute atomic E-state index is 13.2. The Morgan fingerprint density at radius 2 is 2.03 bits per heavy atom. The number of carbonyl (C=O) groups excluding carboxylic acids is 2. The third-order valence-electron chi connectivity index (χ3n) is 5.85. The lowest BCUT2D eigenvalue weighted by molar-refractivity contribution is -0.149. The van der Waals surface area contributed by atoms with Crippen LogP contribution in [0.25, 0.3) is 0 Å². The molecular weight excluding hydrogens is 418 g/mol. The third kappa shape index (κ3) is 5.43. The van der Waals surface area contributed by atoms with Crippen molar-refractivity contribution in [2.45, 2.75) is 57.0 Å². The number of benzene rings is 1. The summed E-state index contributed by atoms with van der Waals surface area (Å²) in [4.78, 5) is 26.9. The monoisotopic (exact) mass is 449 g/mol. The van der Waals surface area contributed by atoms with Crippen molar-refractivity contribution in [3.8, 4) is 11.5 Å². The molecule has 0 radical (unpaired) electrons. The van der Waals surface area contributed by atoms with Gasteiger partial charge in [0.25, 0.3) is 0 Å². The molecule has 176 valence electrons. The fourth-order valence-corrected chi connectivity index (χ4v) is 4.29. The first-order valence-electron chi connectivity index (χ1n) is 11.2. The molecule has 3 aliphatic rings. The van der Waals surface area contributed by atoms with Gasteiger partial charge in [-0.1, -0.05) is 6.92 Å². The Morgan fingerprint density at radius 3 is 2.88 bits per heavy atom. The molecule has 1 aromatic carbocycles. The minimum atomic E-state index is -0.795. The number of nitrogens with zero attached hydrogens (tertiary/aromatic N) is 1. The zero-order valence-electron chi connectivity index (χ0n) is 18.2. The van der Waals surface area contributed by atoms with Crippen molar-refractivity contribution in [1.29, 1.82) is 0 Å². The zero-order valence-corrected chi connectivity index (χ0v) is 18.2. The lowest BCUT2D eigenvalue weighted by Crippen LogP contribution is -2.58. The van der Waals surface area contributed by atoms with E-state index >= 15 is 0 Å². The zero-order chi connectivity index (χ0) is 22.5. The highest BCUT2D eigenvalue weighted by atomic mass is 16.7. The van der Waals surface area contributed by atoms with Crippen molar-refractivity contribution in [3.63, 3.8) is 0 Å². The van der Waals surface area contributed by atoms with E-state index in [0.717, 1.165) is 6.42 Å². The van der Waals surface area contributed by atoms with Gasteiger partial charge in [0.1, 0.15) is 6.10 Å². The number of hydrogen-bond acceptors (Lipinski definition) is 7. The van der Waals surface area contributed by atoms with E-state index in [-0.39, 0.29) is 63.2 Å². The highest BCUT2D eigenvalue weighted by Gasteiger charge is 2.40. The number of aliphatic hydroxyl groups excluding tert-OH is 1. The van der Waals surface area contributed by atoms with Crippen LogP contribution in [0.5, 0.6) is 11.5 Å². The van der Waals surface area contributed by atoms with Crippen molar-refractivity contribution in [2.24, 2.45) is 0 Å². The number of amides is 3. The fourth-order valence-electron chi connectivity index (χ4n) is 4.29. The molecule has 4 rings (SSSR count). The Morgan fingerprint density at radius 1 is 1.19 bits per heavy atom. The summed E-state index contributed by atoms with van der Waals surface area (Å²) in [6, 6.07) is 4.60. The predicted octanol–water partition coefficient (Wildman–Crippen LogP) is 1.47. The summed E-state index contributed by atoms with van der Waals surface area (Å²) >= 11 is 0. The largest absolute Gasteiger partial charge is 0.454 e. The molecule has 2 saturated heterocycles. The molecule has 0 unspecified atom stereocenters. The van der Waals surface area contributed by atoms with Gasteiger partial charge in [-0.15, -0.1) is 0 Å². The van der Waals surface area contributed by atoms with E-state index in [1.54, 1.807) is 23.1 Å². The van der Waals surface area contributed by atoms with Crippen LogP contribution in [0.2, 0.25) is 0 Å². The molecular formula is C22H31N3O7. The number of nitrogens with one attached hydrogen (secondary N) is 2. The molecule has 2 fully saturated rings. The molecule has 0 aromatic heterocycles. The number of anilines is 1. The standard InChI is InChI=1S/C22H31N3O7/c1-2-7-23-21(27)9-16-4-5-17-20(32-16)12-29-11-15(26)10-25(17)22(28)24-14-3-6-18-19(8-14)31-13-30-18/h3,6,8,15-17,20,26H,2,4-5,7,9-13H2,1H3,(H,23,27)(H,24,28)/t15-,16-,17+,20-/m0/s1. The van der Waals surface area contributed by atoms with Crippen molar-refractivity contribution >= 4 is 17.6 Å². The summed E-state index contributed by atoms with van der Waals surface area (Å²) < 4.78 is 22.5. The van der Waals surface area contributed by atoms with Gasteiger partial charge < -0.3 is 39.6 Å². The molecule has 0 bridgehead atoms. The number of aliphatic hydroxyl groups is 1. The van der Waals surface area contributed by atoms with E-state index < -0.39 is 6.10 Å². The second-order valence-corrected chi connectivity index (χ2v) is 8.34. The first-order valence-corrected chi connectivity index (χ1v) is 11.2. The third-order valence-corrected chi connectivity index (χ3v) is 5.85. The Balaban J connectivity index is 1.42. The molecule has 1 aromatic rings. The maximum atomic E-state index is 13.2. The topological polar surface area (TPSA) is 119 Å². The Labute approximate surface area is 187 Å². The number of β-amino-alcohol motifs (C(OH)–C–C–N with tert-alkyl or cyclic N) is 1. The lowest BCUT2D eigenvalue weighted by Gasteiger charge is -2.44. The number of hydrogen-bond donors (Lipinski definition) is 3. The highest BCUT2D eigenvalue weighted by Crippen LogP contribution is 2.34. The minimum absolute atomic E-state index is 0.0325. The average molecular weight is 450 g/mol. The van der Waals surface area contributed by atoms with Crippen LogP contribution < -0.4 is 20.1 Å². The van der Waals surface area contributed by atoms with Crippen LogP contribution >= 0.6 is 0 Å². The fraction of sp³-hybridized carbons (Fsp3) is 0.636. The van der Waals surface area contributed by atoms with Gasteiger partial charge in [0.05, 0.1) is 44.4 Å². The van der Waals surface area contributed by atoms with Gasteiger partial charge >= 0.3 is 6.03 Å².